The van der Waals surface area contributed by atoms with Crippen LogP contribution in [0.4, 0.5) is 0 Å². The molecule has 0 saturated heterocycles. The lowest BCUT2D eigenvalue weighted by Gasteiger charge is -2.27. The number of nitrogens with one attached hydrogen (secondary N) is 1. The van der Waals surface area contributed by atoms with E-state index >= 15 is 0 Å². The Bertz CT molecular complexity index is 1240. The first-order valence-electron chi connectivity index (χ1n) is 11.7. The van der Waals surface area contributed by atoms with E-state index in [0.717, 1.165) is 60.9 Å². The van der Waals surface area contributed by atoms with Crippen molar-refractivity contribution in [2.75, 3.05) is 0 Å². The highest BCUT2D eigenvalue weighted by molar-refractivity contribution is 6.30. The fourth-order valence-electron chi connectivity index (χ4n) is 4.46. The lowest BCUT2D eigenvalue weighted by atomic mass is 9.85. The van der Waals surface area contributed by atoms with Gasteiger partial charge in [-0.15, -0.1) is 10.2 Å². The van der Waals surface area contributed by atoms with Crippen molar-refractivity contribution >= 4 is 28.9 Å². The van der Waals surface area contributed by atoms with Gasteiger partial charge in [0.2, 0.25) is 0 Å². The molecule has 1 aliphatic carbocycles. The molecule has 35 heavy (non-hydrogen) atoms. The maximum Gasteiger partial charge on any atom is 0.316 e. The third-order valence-electron chi connectivity index (χ3n) is 6.41. The topological polar surface area (TPSA) is 126 Å². The van der Waals surface area contributed by atoms with E-state index in [0.29, 0.717) is 22.7 Å². The number of H-pyrrole nitrogens is 1. The lowest BCUT2D eigenvalue weighted by molar-refractivity contribution is -0.138. The minimum atomic E-state index is -0.732. The quantitative estimate of drug-likeness (QED) is 0.477. The van der Waals surface area contributed by atoms with Crippen molar-refractivity contribution in [2.45, 2.75) is 51.0 Å². The average Bonchev–Trinajstić information content (AvgIpc) is 3.36. The molecule has 180 valence electrons. The van der Waals surface area contributed by atoms with Gasteiger partial charge in [-0.1, -0.05) is 11.6 Å². The molecule has 5 rings (SSSR count). The van der Waals surface area contributed by atoms with Gasteiger partial charge in [0.25, 0.3) is 0 Å². The standard InChI is InChI=1S/C25H25ClN6O3/c26-19-6-3-16(4-7-19)23-30-24(32-31-23)17-5-10-21(27-12-17)18-13-28-25(29-14-18)35-20-8-1-15(2-9-20)11-22(33)34/h3-4,6-7,12-15,20H,1-2,5,8-11H2,(H,33,34)(H,30,31,32)/t15-,20-. The van der Waals surface area contributed by atoms with E-state index in [2.05, 4.69) is 30.1 Å². The van der Waals surface area contributed by atoms with Crippen LogP contribution in [0.1, 0.15) is 56.3 Å². The van der Waals surface area contributed by atoms with Crippen LogP contribution in [0.2, 0.25) is 5.02 Å². The van der Waals surface area contributed by atoms with Gasteiger partial charge in [-0.3, -0.25) is 9.79 Å². The molecule has 10 heteroatoms. The number of rotatable bonds is 7. The Hall–Kier alpha value is -3.59. The summed E-state index contributed by atoms with van der Waals surface area (Å²) < 4.78 is 5.92. The van der Waals surface area contributed by atoms with Gasteiger partial charge in [0.1, 0.15) is 6.10 Å². The molecule has 0 amide bonds. The van der Waals surface area contributed by atoms with Gasteiger partial charge in [-0.2, -0.15) is 0 Å². The van der Waals surface area contributed by atoms with E-state index in [1.807, 2.05) is 30.5 Å². The Morgan fingerprint density at radius 3 is 2.37 bits per heavy atom. The van der Waals surface area contributed by atoms with Crippen LogP contribution in [0.3, 0.4) is 0 Å². The lowest BCUT2D eigenvalue weighted by Crippen LogP contribution is -2.26. The minimum absolute atomic E-state index is 0.0306. The second kappa shape index (κ2) is 10.4. The van der Waals surface area contributed by atoms with E-state index in [4.69, 9.17) is 21.4 Å². The van der Waals surface area contributed by atoms with Crippen molar-refractivity contribution in [3.05, 3.63) is 59.3 Å². The number of carboxylic acids is 1. The molecule has 0 atom stereocenters. The zero-order valence-corrected chi connectivity index (χ0v) is 19.8. The first-order chi connectivity index (χ1) is 17.0. The molecule has 3 aromatic rings. The summed E-state index contributed by atoms with van der Waals surface area (Å²) in [6.45, 7) is 0. The van der Waals surface area contributed by atoms with Crippen molar-refractivity contribution < 1.29 is 14.6 Å². The molecule has 1 fully saturated rings. The van der Waals surface area contributed by atoms with E-state index in [-0.39, 0.29) is 18.4 Å². The van der Waals surface area contributed by atoms with E-state index in [1.54, 1.807) is 12.4 Å². The molecule has 2 aliphatic rings. The summed E-state index contributed by atoms with van der Waals surface area (Å²) in [7, 11) is 0. The number of benzene rings is 1. The fourth-order valence-corrected chi connectivity index (χ4v) is 4.58. The number of aliphatic imine (C=N–C) groups is 1. The van der Waals surface area contributed by atoms with Gasteiger partial charge in [0.15, 0.2) is 11.6 Å². The van der Waals surface area contributed by atoms with Crippen LogP contribution in [0, 0.1) is 5.92 Å². The first kappa shape index (κ1) is 23.2. The van der Waals surface area contributed by atoms with Gasteiger partial charge in [-0.05, 0) is 68.7 Å². The Morgan fingerprint density at radius 1 is 1.00 bits per heavy atom. The van der Waals surface area contributed by atoms with Crippen molar-refractivity contribution in [1.29, 1.82) is 0 Å². The number of carboxylic acid groups (broad SMARTS) is 1. The number of ether oxygens (including phenoxy) is 1. The van der Waals surface area contributed by atoms with Crippen molar-refractivity contribution in [3.63, 3.8) is 0 Å². The third-order valence-corrected chi connectivity index (χ3v) is 6.66. The second-order valence-corrected chi connectivity index (χ2v) is 9.31. The SMILES string of the molecule is O=C(O)C[C@H]1CC[C@H](Oc2ncc(C3=NC=C(c4nnc(-c5ccc(Cl)cc5)[nH]4)CC3)cn2)CC1. The van der Waals surface area contributed by atoms with Gasteiger partial charge in [-0.25, -0.2) is 9.97 Å². The van der Waals surface area contributed by atoms with Gasteiger partial charge >= 0.3 is 12.0 Å². The molecule has 0 radical (unpaired) electrons. The monoisotopic (exact) mass is 492 g/mol. The van der Waals surface area contributed by atoms with E-state index in [9.17, 15) is 4.79 Å². The summed E-state index contributed by atoms with van der Waals surface area (Å²) >= 11 is 5.96. The Balaban J connectivity index is 1.19. The van der Waals surface area contributed by atoms with E-state index < -0.39 is 5.97 Å². The van der Waals surface area contributed by atoms with Crippen LogP contribution in [0.25, 0.3) is 17.0 Å². The molecular weight excluding hydrogens is 468 g/mol. The summed E-state index contributed by atoms with van der Waals surface area (Å²) in [6.07, 6.45) is 10.4. The number of aliphatic carboxylic acids is 1. The summed E-state index contributed by atoms with van der Waals surface area (Å²) in [5.74, 6) is 0.894. The van der Waals surface area contributed by atoms with Gasteiger partial charge in [0.05, 0.1) is 5.71 Å². The molecule has 2 N–H and O–H groups in total. The van der Waals surface area contributed by atoms with Crippen LogP contribution >= 0.6 is 11.6 Å². The molecule has 0 bridgehead atoms. The Kier molecular flexibility index (Phi) is 6.85. The molecule has 9 nitrogen and oxygen atoms in total. The number of aromatic nitrogens is 5. The number of hydrogen-bond donors (Lipinski definition) is 2. The minimum Gasteiger partial charge on any atom is -0.481 e. The molecule has 1 aromatic carbocycles. The number of hydrogen-bond acceptors (Lipinski definition) is 7. The average molecular weight is 493 g/mol. The number of nitrogens with zero attached hydrogens (tertiary/aromatic N) is 5. The smallest absolute Gasteiger partial charge is 0.316 e. The second-order valence-electron chi connectivity index (χ2n) is 8.87. The molecule has 2 aromatic heterocycles. The number of carbonyl (C=O) groups is 1. The molecule has 3 heterocycles. The largest absolute Gasteiger partial charge is 0.481 e. The predicted molar refractivity (Wildman–Crippen MR) is 131 cm³/mol. The number of halogens is 1. The zero-order chi connectivity index (χ0) is 24.2. The van der Waals surface area contributed by atoms with Crippen molar-refractivity contribution in [2.24, 2.45) is 10.9 Å². The third kappa shape index (κ3) is 5.74. The maximum atomic E-state index is 10.9. The van der Waals surface area contributed by atoms with Crippen LogP contribution < -0.4 is 4.74 Å². The van der Waals surface area contributed by atoms with Crippen molar-refractivity contribution in [3.8, 4) is 17.4 Å². The summed E-state index contributed by atoms with van der Waals surface area (Å²) in [4.78, 5) is 27.5. The van der Waals surface area contributed by atoms with Crippen LogP contribution in [0.15, 0.2) is 47.9 Å². The summed E-state index contributed by atoms with van der Waals surface area (Å²) in [5.41, 5.74) is 3.67. The highest BCUT2D eigenvalue weighted by Crippen LogP contribution is 2.29. The fraction of sp³-hybridized carbons (Fsp3) is 0.360. The number of aromatic amines is 1. The summed E-state index contributed by atoms with van der Waals surface area (Å²) in [6, 6.07) is 7.78. The molecular formula is C25H25ClN6O3. The Labute approximate surface area is 207 Å². The Morgan fingerprint density at radius 2 is 1.71 bits per heavy atom. The molecule has 0 spiro atoms. The highest BCUT2D eigenvalue weighted by atomic mass is 35.5. The number of allylic oxidation sites excluding steroid dienone is 1. The van der Waals surface area contributed by atoms with E-state index in [1.165, 1.54) is 0 Å². The predicted octanol–water partition coefficient (Wildman–Crippen LogP) is 4.95. The normalized spacial score (nSPS) is 20.1. The zero-order valence-electron chi connectivity index (χ0n) is 19.0. The maximum absolute atomic E-state index is 10.9. The van der Waals surface area contributed by atoms with Crippen LogP contribution in [-0.4, -0.2) is 48.0 Å². The first-order valence-corrected chi connectivity index (χ1v) is 12.1. The molecule has 0 unspecified atom stereocenters. The highest BCUT2D eigenvalue weighted by Gasteiger charge is 2.25. The van der Waals surface area contributed by atoms with Crippen LogP contribution in [-0.2, 0) is 4.79 Å². The summed E-state index contributed by atoms with van der Waals surface area (Å²) in [5, 5.41) is 18.1. The van der Waals surface area contributed by atoms with Gasteiger partial charge in [0, 0.05) is 46.7 Å². The van der Waals surface area contributed by atoms with Gasteiger partial charge < -0.3 is 14.8 Å². The van der Waals surface area contributed by atoms with Crippen molar-refractivity contribution in [1.82, 2.24) is 25.1 Å². The van der Waals surface area contributed by atoms with Crippen LogP contribution in [0.5, 0.6) is 6.01 Å². The molecule has 1 aliphatic heterocycles. The molecule has 1 saturated carbocycles.